The zero-order valence-corrected chi connectivity index (χ0v) is 13.9. The number of aromatic amines is 1. The largest absolute Gasteiger partial charge is 0.337 e. The van der Waals surface area contributed by atoms with Crippen molar-refractivity contribution in [3.63, 3.8) is 0 Å². The zero-order valence-electron chi connectivity index (χ0n) is 13.1. The lowest BCUT2D eigenvalue weighted by Crippen LogP contribution is -2.38. The van der Waals surface area contributed by atoms with Gasteiger partial charge in [0.1, 0.15) is 5.82 Å². The van der Waals surface area contributed by atoms with Crippen molar-refractivity contribution in [3.8, 4) is 0 Å². The van der Waals surface area contributed by atoms with Crippen LogP contribution < -0.4 is 0 Å². The first kappa shape index (κ1) is 15.6. The van der Waals surface area contributed by atoms with Gasteiger partial charge < -0.3 is 4.90 Å². The third kappa shape index (κ3) is 2.90. The first-order valence-corrected chi connectivity index (χ1v) is 8.66. The van der Waals surface area contributed by atoms with Crippen molar-refractivity contribution in [2.75, 3.05) is 13.1 Å². The van der Waals surface area contributed by atoms with Crippen LogP contribution in [0.25, 0.3) is 0 Å². The van der Waals surface area contributed by atoms with Crippen molar-refractivity contribution in [1.29, 1.82) is 0 Å². The fraction of sp³-hybridized carbons (Fsp3) is 0.471. The number of rotatable bonds is 3. The number of likely N-dealkylation sites (tertiary alicyclic amines) is 1. The number of carbonyl (C=O) groups is 1. The van der Waals surface area contributed by atoms with E-state index in [4.69, 9.17) is 11.6 Å². The number of halogens is 2. The lowest BCUT2D eigenvalue weighted by molar-refractivity contribution is 0.0706. The number of nitrogens with zero attached hydrogens (tertiary/aromatic N) is 3. The van der Waals surface area contributed by atoms with E-state index >= 15 is 0 Å². The van der Waals surface area contributed by atoms with Crippen LogP contribution in [0.3, 0.4) is 0 Å². The summed E-state index contributed by atoms with van der Waals surface area (Å²) in [5, 5.41) is 11.3. The quantitative estimate of drug-likeness (QED) is 0.923. The van der Waals surface area contributed by atoms with Crippen LogP contribution >= 0.6 is 11.6 Å². The van der Waals surface area contributed by atoms with Gasteiger partial charge in [-0.25, -0.2) is 4.39 Å². The Labute approximate surface area is 144 Å². The second-order valence-corrected chi connectivity index (χ2v) is 6.97. The van der Waals surface area contributed by atoms with Gasteiger partial charge in [-0.1, -0.05) is 17.7 Å². The molecule has 126 valence electrons. The van der Waals surface area contributed by atoms with Gasteiger partial charge in [0.2, 0.25) is 0 Å². The highest BCUT2D eigenvalue weighted by atomic mass is 35.5. The molecule has 1 N–H and O–H groups in total. The average molecular weight is 349 g/mol. The van der Waals surface area contributed by atoms with Crippen LogP contribution in [0.15, 0.2) is 18.2 Å². The zero-order chi connectivity index (χ0) is 16.7. The molecule has 0 spiro atoms. The van der Waals surface area contributed by atoms with Crippen LogP contribution in [0, 0.1) is 5.82 Å². The predicted octanol–water partition coefficient (Wildman–Crippen LogP) is 3.49. The summed E-state index contributed by atoms with van der Waals surface area (Å²) in [5.74, 6) is 0.268. The molecule has 0 bridgehead atoms. The molecule has 4 rings (SSSR count). The van der Waals surface area contributed by atoms with E-state index in [2.05, 4.69) is 15.4 Å². The van der Waals surface area contributed by atoms with Crippen molar-refractivity contribution in [1.82, 2.24) is 20.3 Å². The maximum absolute atomic E-state index is 13.2. The fourth-order valence-corrected chi connectivity index (χ4v) is 3.74. The van der Waals surface area contributed by atoms with Gasteiger partial charge in [0, 0.05) is 24.0 Å². The SMILES string of the molecule is O=C(c1n[nH]nc1C1CC1)N1CCC(c2ccc(F)cc2Cl)CC1. The van der Waals surface area contributed by atoms with E-state index in [1.54, 1.807) is 6.07 Å². The number of benzene rings is 1. The van der Waals surface area contributed by atoms with Crippen LogP contribution in [0.4, 0.5) is 4.39 Å². The van der Waals surface area contributed by atoms with Crippen LogP contribution in [-0.4, -0.2) is 39.3 Å². The first-order valence-electron chi connectivity index (χ1n) is 8.28. The average Bonchev–Trinajstić information content (AvgIpc) is 3.31. The second-order valence-electron chi connectivity index (χ2n) is 6.56. The minimum atomic E-state index is -0.324. The van der Waals surface area contributed by atoms with Gasteiger partial charge in [-0.05, 0) is 49.3 Å². The summed E-state index contributed by atoms with van der Waals surface area (Å²) in [6.45, 7) is 1.29. The van der Waals surface area contributed by atoms with E-state index in [-0.39, 0.29) is 17.6 Å². The fourth-order valence-electron chi connectivity index (χ4n) is 3.41. The van der Waals surface area contributed by atoms with Crippen LogP contribution in [-0.2, 0) is 0 Å². The molecule has 1 saturated heterocycles. The second kappa shape index (κ2) is 6.16. The minimum absolute atomic E-state index is 0.0469. The van der Waals surface area contributed by atoms with E-state index < -0.39 is 0 Å². The van der Waals surface area contributed by atoms with Gasteiger partial charge in [-0.2, -0.15) is 15.4 Å². The van der Waals surface area contributed by atoms with E-state index in [1.165, 1.54) is 12.1 Å². The first-order chi connectivity index (χ1) is 11.6. The van der Waals surface area contributed by atoms with Crippen molar-refractivity contribution >= 4 is 17.5 Å². The monoisotopic (exact) mass is 348 g/mol. The number of carbonyl (C=O) groups excluding carboxylic acids is 1. The third-order valence-electron chi connectivity index (χ3n) is 4.93. The summed E-state index contributed by atoms with van der Waals surface area (Å²) in [6.07, 6.45) is 3.79. The van der Waals surface area contributed by atoms with Gasteiger partial charge in [0.25, 0.3) is 5.91 Å². The van der Waals surface area contributed by atoms with Gasteiger partial charge in [-0.15, -0.1) is 0 Å². The predicted molar refractivity (Wildman–Crippen MR) is 87.6 cm³/mol. The topological polar surface area (TPSA) is 61.9 Å². The van der Waals surface area contributed by atoms with Gasteiger partial charge >= 0.3 is 0 Å². The normalized spacial score (nSPS) is 18.8. The molecule has 1 aliphatic heterocycles. The van der Waals surface area contributed by atoms with Crippen molar-refractivity contribution < 1.29 is 9.18 Å². The van der Waals surface area contributed by atoms with Crippen molar-refractivity contribution in [2.45, 2.75) is 37.5 Å². The molecule has 0 atom stereocenters. The summed E-state index contributed by atoms with van der Waals surface area (Å²) in [7, 11) is 0. The Balaban J connectivity index is 1.44. The van der Waals surface area contributed by atoms with E-state index in [0.717, 1.165) is 36.9 Å². The Morgan fingerprint density at radius 2 is 1.92 bits per heavy atom. The molecule has 1 aromatic heterocycles. The lowest BCUT2D eigenvalue weighted by atomic mass is 9.89. The van der Waals surface area contributed by atoms with Crippen molar-refractivity contribution in [2.24, 2.45) is 0 Å². The maximum Gasteiger partial charge on any atom is 0.276 e. The van der Waals surface area contributed by atoms with Crippen molar-refractivity contribution in [3.05, 3.63) is 46.0 Å². The summed E-state index contributed by atoms with van der Waals surface area (Å²) in [6, 6.07) is 4.55. The molecule has 1 aromatic carbocycles. The smallest absolute Gasteiger partial charge is 0.276 e. The molecule has 1 aliphatic carbocycles. The number of hydrogen-bond acceptors (Lipinski definition) is 3. The van der Waals surface area contributed by atoms with Gasteiger partial charge in [-0.3, -0.25) is 4.79 Å². The number of aromatic nitrogens is 3. The highest BCUT2D eigenvalue weighted by molar-refractivity contribution is 6.31. The molecule has 2 aromatic rings. The highest BCUT2D eigenvalue weighted by Gasteiger charge is 2.34. The molecule has 7 heteroatoms. The Bertz CT molecular complexity index is 766. The number of piperidine rings is 1. The van der Waals surface area contributed by atoms with E-state index in [1.807, 2.05) is 4.90 Å². The number of nitrogens with one attached hydrogen (secondary N) is 1. The van der Waals surface area contributed by atoms with Gasteiger partial charge in [0.05, 0.1) is 5.69 Å². The molecule has 5 nitrogen and oxygen atoms in total. The Morgan fingerprint density at radius 3 is 2.58 bits per heavy atom. The number of hydrogen-bond donors (Lipinski definition) is 1. The van der Waals surface area contributed by atoms with E-state index in [9.17, 15) is 9.18 Å². The van der Waals surface area contributed by atoms with Crippen LogP contribution in [0.5, 0.6) is 0 Å². The molecule has 2 fully saturated rings. The highest BCUT2D eigenvalue weighted by Crippen LogP contribution is 2.40. The molecule has 0 radical (unpaired) electrons. The Morgan fingerprint density at radius 1 is 1.17 bits per heavy atom. The summed E-state index contributed by atoms with van der Waals surface area (Å²) in [4.78, 5) is 14.5. The minimum Gasteiger partial charge on any atom is -0.337 e. The third-order valence-corrected chi connectivity index (χ3v) is 5.25. The lowest BCUT2D eigenvalue weighted by Gasteiger charge is -2.32. The number of H-pyrrole nitrogens is 1. The van der Waals surface area contributed by atoms with Crippen LogP contribution in [0.1, 0.15) is 59.3 Å². The van der Waals surface area contributed by atoms with E-state index in [0.29, 0.717) is 29.7 Å². The standard InChI is InChI=1S/C17H18ClFN4O/c18-14-9-12(19)3-4-13(14)10-5-7-23(8-6-10)17(24)16-15(11-1-2-11)20-22-21-16/h3-4,9-11H,1-2,5-8H2,(H,20,21,22). The molecule has 24 heavy (non-hydrogen) atoms. The molecular formula is C17H18ClFN4O. The summed E-state index contributed by atoms with van der Waals surface area (Å²) in [5.41, 5.74) is 2.24. The Hall–Kier alpha value is -1.95. The Kier molecular flexibility index (Phi) is 4.00. The summed E-state index contributed by atoms with van der Waals surface area (Å²) < 4.78 is 13.2. The molecular weight excluding hydrogens is 331 g/mol. The molecule has 1 amide bonds. The molecule has 1 saturated carbocycles. The van der Waals surface area contributed by atoms with Crippen LogP contribution in [0.2, 0.25) is 5.02 Å². The maximum atomic E-state index is 13.2. The molecule has 0 unspecified atom stereocenters. The molecule has 2 aliphatic rings. The molecule has 2 heterocycles. The number of amides is 1. The van der Waals surface area contributed by atoms with Gasteiger partial charge in [0.15, 0.2) is 5.69 Å². The summed E-state index contributed by atoms with van der Waals surface area (Å²) >= 11 is 6.16.